The van der Waals surface area contributed by atoms with Crippen molar-refractivity contribution in [3.05, 3.63) is 59.7 Å². The van der Waals surface area contributed by atoms with Gasteiger partial charge < -0.3 is 4.89 Å². The lowest BCUT2D eigenvalue weighted by Gasteiger charge is -2.02. The Morgan fingerprint density at radius 1 is 0.889 bits per heavy atom. The molecule has 0 aliphatic heterocycles. The van der Waals surface area contributed by atoms with Crippen molar-refractivity contribution >= 4 is 23.6 Å². The summed E-state index contributed by atoms with van der Waals surface area (Å²) in [5.41, 5.74) is 4.70. The lowest BCUT2D eigenvalue weighted by molar-refractivity contribution is -0.147. The fourth-order valence-electron chi connectivity index (χ4n) is 2.37. The first-order chi connectivity index (χ1) is 8.83. The van der Waals surface area contributed by atoms with E-state index in [-0.39, 0.29) is 0 Å². The topological polar surface area (TPSA) is 23.1 Å². The molecular formula is C15H13OPS. The third-order valence-corrected chi connectivity index (χ3v) is 6.45. The van der Waals surface area contributed by atoms with Crippen LogP contribution in [0, 0.1) is 0 Å². The molecule has 1 atom stereocenters. The summed E-state index contributed by atoms with van der Waals surface area (Å²) in [6, 6.07) is 16.5. The van der Waals surface area contributed by atoms with Gasteiger partial charge in [-0.1, -0.05) is 43.3 Å². The highest BCUT2D eigenvalue weighted by Gasteiger charge is 2.29. The summed E-state index contributed by atoms with van der Waals surface area (Å²) >= 11 is 1.53. The van der Waals surface area contributed by atoms with Crippen LogP contribution in [-0.2, 0) is 0 Å². The zero-order valence-electron chi connectivity index (χ0n) is 10.1. The van der Waals surface area contributed by atoms with Crippen LogP contribution in [0.4, 0.5) is 0 Å². The van der Waals surface area contributed by atoms with E-state index in [0.717, 1.165) is 22.2 Å². The van der Waals surface area contributed by atoms with Crippen LogP contribution in [0.1, 0.15) is 18.1 Å². The first-order valence-electron chi connectivity index (χ1n) is 5.99. The van der Waals surface area contributed by atoms with Gasteiger partial charge in [0.2, 0.25) is 0 Å². The van der Waals surface area contributed by atoms with Gasteiger partial charge in [-0.15, -0.1) is 0 Å². The molecule has 3 rings (SSSR count). The highest BCUT2D eigenvalue weighted by molar-refractivity contribution is 8.53. The second-order valence-electron chi connectivity index (χ2n) is 4.11. The van der Waals surface area contributed by atoms with Crippen LogP contribution in [-0.4, -0.2) is 11.0 Å². The van der Waals surface area contributed by atoms with Gasteiger partial charge in [0.05, 0.1) is 11.4 Å². The molecular weight excluding hydrogens is 259 g/mol. The van der Waals surface area contributed by atoms with Gasteiger partial charge in [0.1, 0.15) is 6.97 Å². The second-order valence-corrected chi connectivity index (χ2v) is 7.68. The van der Waals surface area contributed by atoms with Crippen molar-refractivity contribution in [2.45, 2.75) is 6.92 Å². The molecule has 1 unspecified atom stereocenters. The summed E-state index contributed by atoms with van der Waals surface area (Å²) in [5, 5.41) is 1.02. The average Bonchev–Trinajstić information content (AvgIpc) is 2.73. The largest absolute Gasteiger partial charge is 0.620 e. The number of rotatable bonds is 2. The Morgan fingerprint density at radius 3 is 1.78 bits per heavy atom. The van der Waals surface area contributed by atoms with Crippen LogP contribution < -0.4 is 4.89 Å². The van der Waals surface area contributed by atoms with Crippen molar-refractivity contribution in [2.75, 3.05) is 5.75 Å². The number of hydrogen-bond acceptors (Lipinski definition) is 2. The smallest absolute Gasteiger partial charge is 0.168 e. The summed E-state index contributed by atoms with van der Waals surface area (Å²) in [6.07, 6.45) is 0. The van der Waals surface area contributed by atoms with E-state index in [4.69, 9.17) is 0 Å². The van der Waals surface area contributed by atoms with Gasteiger partial charge in [-0.3, -0.25) is 0 Å². The lowest BCUT2D eigenvalue weighted by atomic mass is 10.1. The molecule has 18 heavy (non-hydrogen) atoms. The maximum atomic E-state index is 12.4. The molecule has 0 radical (unpaired) electrons. The minimum Gasteiger partial charge on any atom is -0.620 e. The second kappa shape index (κ2) is 4.89. The number of fused-ring (bicyclic) bond motifs is 3. The lowest BCUT2D eigenvalue weighted by Crippen LogP contribution is -2.01. The summed E-state index contributed by atoms with van der Waals surface area (Å²) in [4.78, 5) is 12.4. The molecule has 0 N–H and O–H groups in total. The molecule has 1 nitrogen and oxygen atoms in total. The van der Waals surface area contributed by atoms with E-state index < -0.39 is 6.97 Å². The van der Waals surface area contributed by atoms with Crippen LogP contribution in [0.15, 0.2) is 48.5 Å². The molecule has 0 amide bonds. The van der Waals surface area contributed by atoms with Crippen LogP contribution in [0.25, 0.3) is 11.1 Å². The van der Waals surface area contributed by atoms with Crippen molar-refractivity contribution in [2.24, 2.45) is 0 Å². The Balaban J connectivity index is 2.31. The third kappa shape index (κ3) is 1.81. The molecule has 0 aromatic heterocycles. The SMILES string of the molecule is CCS[P+]([O-])=C1c2ccccc2-c2ccccc21. The van der Waals surface area contributed by atoms with E-state index in [2.05, 4.69) is 24.3 Å². The summed E-state index contributed by atoms with van der Waals surface area (Å²) in [5.74, 6) is 0.878. The fraction of sp³-hybridized carbons (Fsp3) is 0.133. The quantitative estimate of drug-likeness (QED) is 0.664. The molecule has 0 saturated heterocycles. The van der Waals surface area contributed by atoms with Gasteiger partial charge in [0.15, 0.2) is 5.29 Å². The molecule has 90 valence electrons. The molecule has 2 aromatic carbocycles. The first kappa shape index (κ1) is 12.0. The van der Waals surface area contributed by atoms with Crippen LogP contribution in [0.3, 0.4) is 0 Å². The molecule has 0 spiro atoms. The fourth-order valence-corrected chi connectivity index (χ4v) is 5.20. The van der Waals surface area contributed by atoms with E-state index in [1.54, 1.807) is 0 Å². The van der Waals surface area contributed by atoms with Gasteiger partial charge >= 0.3 is 0 Å². The maximum Gasteiger partial charge on any atom is 0.168 e. The highest BCUT2D eigenvalue weighted by Crippen LogP contribution is 2.45. The van der Waals surface area contributed by atoms with Gasteiger partial charge in [-0.2, -0.15) is 0 Å². The molecule has 3 heteroatoms. The Bertz CT molecular complexity index is 586. The zero-order valence-corrected chi connectivity index (χ0v) is 11.8. The van der Waals surface area contributed by atoms with E-state index in [0.29, 0.717) is 0 Å². The minimum atomic E-state index is -1.37. The third-order valence-electron chi connectivity index (χ3n) is 3.08. The van der Waals surface area contributed by atoms with E-state index in [9.17, 15) is 4.89 Å². The summed E-state index contributed by atoms with van der Waals surface area (Å²) in [7, 11) is 0. The van der Waals surface area contributed by atoms with Crippen molar-refractivity contribution < 1.29 is 4.89 Å². The standard InChI is InChI=1S/C15H13OPS/c1-2-18-17(16)15-13-9-5-3-7-11(13)12-8-4-6-10-14(12)15/h3-10H,2H2,1H3. The normalized spacial score (nSPS) is 13.2. The minimum absolute atomic E-state index is 0.878. The molecule has 0 fully saturated rings. The van der Waals surface area contributed by atoms with Gasteiger partial charge in [-0.25, -0.2) is 0 Å². The van der Waals surface area contributed by atoms with Gasteiger partial charge in [0, 0.05) is 16.9 Å². The monoisotopic (exact) mass is 272 g/mol. The summed E-state index contributed by atoms with van der Waals surface area (Å²) < 4.78 is 0. The Morgan fingerprint density at radius 2 is 1.33 bits per heavy atom. The molecule has 2 aromatic rings. The molecule has 1 aliphatic rings. The maximum absolute atomic E-state index is 12.4. The number of benzene rings is 2. The average molecular weight is 272 g/mol. The zero-order chi connectivity index (χ0) is 12.5. The Hall–Kier alpha value is -1.08. The van der Waals surface area contributed by atoms with Crippen LogP contribution in [0.5, 0.6) is 0 Å². The first-order valence-corrected chi connectivity index (χ1v) is 8.84. The van der Waals surface area contributed by atoms with Crippen molar-refractivity contribution in [3.8, 4) is 11.1 Å². The summed E-state index contributed by atoms with van der Waals surface area (Å²) in [6.45, 7) is 0.675. The van der Waals surface area contributed by atoms with E-state index >= 15 is 0 Å². The molecule has 0 bridgehead atoms. The van der Waals surface area contributed by atoms with E-state index in [1.807, 2.05) is 31.2 Å². The Kier molecular flexibility index (Phi) is 3.25. The van der Waals surface area contributed by atoms with Crippen LogP contribution in [0.2, 0.25) is 0 Å². The van der Waals surface area contributed by atoms with E-state index in [1.165, 1.54) is 22.5 Å². The van der Waals surface area contributed by atoms with Gasteiger partial charge in [0.25, 0.3) is 0 Å². The Labute approximate surface area is 112 Å². The van der Waals surface area contributed by atoms with Gasteiger partial charge in [-0.05, 0) is 23.3 Å². The predicted octanol–water partition coefficient (Wildman–Crippen LogP) is 3.66. The van der Waals surface area contributed by atoms with Crippen molar-refractivity contribution in [3.63, 3.8) is 0 Å². The van der Waals surface area contributed by atoms with Crippen molar-refractivity contribution in [1.82, 2.24) is 0 Å². The van der Waals surface area contributed by atoms with Crippen molar-refractivity contribution in [1.29, 1.82) is 0 Å². The van der Waals surface area contributed by atoms with Crippen LogP contribution >= 0.6 is 18.4 Å². The molecule has 0 heterocycles. The molecule has 1 aliphatic carbocycles. The highest BCUT2D eigenvalue weighted by atomic mass is 32.7. The number of hydrogen-bond donors (Lipinski definition) is 0. The predicted molar refractivity (Wildman–Crippen MR) is 80.1 cm³/mol. The molecule has 0 saturated carbocycles.